The van der Waals surface area contributed by atoms with Gasteiger partial charge in [0.15, 0.2) is 0 Å². The zero-order chi connectivity index (χ0) is 13.9. The molecule has 0 bridgehead atoms. The van der Waals surface area contributed by atoms with E-state index in [1.807, 2.05) is 0 Å². The van der Waals surface area contributed by atoms with Crippen LogP contribution in [0.5, 0.6) is 0 Å². The summed E-state index contributed by atoms with van der Waals surface area (Å²) >= 11 is 0. The summed E-state index contributed by atoms with van der Waals surface area (Å²) in [7, 11) is 0. The van der Waals surface area contributed by atoms with Crippen LogP contribution in [0.4, 0.5) is 0 Å². The van der Waals surface area contributed by atoms with E-state index >= 15 is 0 Å². The van der Waals surface area contributed by atoms with Gasteiger partial charge in [0.1, 0.15) is 0 Å². The molecule has 0 aliphatic carbocycles. The van der Waals surface area contributed by atoms with E-state index in [0.717, 1.165) is 12.6 Å². The van der Waals surface area contributed by atoms with Crippen LogP contribution in [0.1, 0.15) is 23.1 Å². The van der Waals surface area contributed by atoms with Gasteiger partial charge in [-0.05, 0) is 37.9 Å². The molecule has 3 nitrogen and oxygen atoms in total. The number of hydrogen-bond acceptors (Lipinski definition) is 3. The van der Waals surface area contributed by atoms with Crippen molar-refractivity contribution in [3.63, 3.8) is 0 Å². The Bertz CT molecular complexity index is 449. The Hall–Kier alpha value is -0.610. The van der Waals surface area contributed by atoms with Gasteiger partial charge in [-0.25, -0.2) is 0 Å². The summed E-state index contributed by atoms with van der Waals surface area (Å²) in [4.78, 5) is 5.29. The molecule has 2 fully saturated rings. The lowest BCUT2D eigenvalue weighted by molar-refractivity contribution is 0.0980. The highest BCUT2D eigenvalue weighted by Gasteiger charge is 2.25. The summed E-state index contributed by atoms with van der Waals surface area (Å²) in [5.41, 5.74) is 4.30. The maximum absolute atomic E-state index is 3.48. The summed E-state index contributed by atoms with van der Waals surface area (Å²) in [5, 5.41) is 3.48. The Labute approximate surface area is 135 Å². The fourth-order valence-electron chi connectivity index (χ4n) is 3.50. The fourth-order valence-corrected chi connectivity index (χ4v) is 3.50. The molecule has 3 rings (SSSR count). The zero-order valence-corrected chi connectivity index (χ0v) is 14.1. The lowest BCUT2D eigenvalue weighted by Crippen LogP contribution is -2.50. The van der Waals surface area contributed by atoms with E-state index in [9.17, 15) is 0 Å². The van der Waals surface area contributed by atoms with Crippen molar-refractivity contribution in [2.24, 2.45) is 0 Å². The Kier molecular flexibility index (Phi) is 6.06. The normalized spacial score (nSPS) is 24.0. The van der Waals surface area contributed by atoms with Gasteiger partial charge in [-0.1, -0.05) is 23.8 Å². The monoisotopic (exact) mass is 309 g/mol. The number of nitrogens with one attached hydrogen (secondary N) is 1. The van der Waals surface area contributed by atoms with Gasteiger partial charge >= 0.3 is 0 Å². The van der Waals surface area contributed by atoms with Crippen LogP contribution in [0.2, 0.25) is 0 Å². The third-order valence-corrected chi connectivity index (χ3v) is 4.85. The molecule has 0 amide bonds. The van der Waals surface area contributed by atoms with Crippen LogP contribution in [-0.2, 0) is 6.54 Å². The van der Waals surface area contributed by atoms with Gasteiger partial charge in [0.05, 0.1) is 0 Å². The minimum absolute atomic E-state index is 0. The number of rotatable bonds is 3. The lowest BCUT2D eigenvalue weighted by Gasteiger charge is -2.38. The van der Waals surface area contributed by atoms with Crippen LogP contribution in [-0.4, -0.2) is 55.1 Å². The molecule has 2 aliphatic heterocycles. The molecule has 1 aromatic rings. The second-order valence-corrected chi connectivity index (χ2v) is 6.39. The molecule has 2 aliphatic rings. The zero-order valence-electron chi connectivity index (χ0n) is 13.3. The molecule has 2 heterocycles. The maximum atomic E-state index is 3.48. The topological polar surface area (TPSA) is 18.5 Å². The number of aryl methyl sites for hydroxylation is 2. The molecule has 118 valence electrons. The molecule has 21 heavy (non-hydrogen) atoms. The van der Waals surface area contributed by atoms with Crippen LogP contribution < -0.4 is 5.32 Å². The van der Waals surface area contributed by atoms with Crippen molar-refractivity contribution in [3.8, 4) is 0 Å². The maximum Gasteiger partial charge on any atom is 0.0237 e. The van der Waals surface area contributed by atoms with E-state index in [4.69, 9.17) is 0 Å². The standard InChI is InChI=1S/C17H27N3.ClH/c1-14-3-4-16(15(2)11-14)13-19-7-9-20(10-8-19)17-5-6-18-12-17;/h3-4,11,17-18H,5-10,12-13H2,1-2H3;1H. The molecule has 1 N–H and O–H groups in total. The van der Waals surface area contributed by atoms with Gasteiger partial charge in [0, 0.05) is 45.3 Å². The van der Waals surface area contributed by atoms with Crippen molar-refractivity contribution in [1.82, 2.24) is 15.1 Å². The van der Waals surface area contributed by atoms with Gasteiger partial charge < -0.3 is 5.32 Å². The first kappa shape index (κ1) is 16.8. The quantitative estimate of drug-likeness (QED) is 0.923. The molecule has 0 saturated carbocycles. The number of piperazine rings is 1. The number of benzene rings is 1. The van der Waals surface area contributed by atoms with Crippen LogP contribution >= 0.6 is 12.4 Å². The molecule has 1 atom stereocenters. The SMILES string of the molecule is Cc1ccc(CN2CCN(C3CCNC3)CC2)c(C)c1.Cl. The Morgan fingerprint density at radius 3 is 2.52 bits per heavy atom. The number of nitrogens with zero attached hydrogens (tertiary/aromatic N) is 2. The van der Waals surface area contributed by atoms with Crippen molar-refractivity contribution in [2.75, 3.05) is 39.3 Å². The average Bonchev–Trinajstić information content (AvgIpc) is 2.97. The molecule has 4 heteroatoms. The first-order chi connectivity index (χ1) is 9.72. The summed E-state index contributed by atoms with van der Waals surface area (Å²) in [6, 6.07) is 7.63. The van der Waals surface area contributed by atoms with Crippen LogP contribution in [0, 0.1) is 13.8 Å². The van der Waals surface area contributed by atoms with E-state index in [1.54, 1.807) is 0 Å². The van der Waals surface area contributed by atoms with Crippen molar-refractivity contribution in [2.45, 2.75) is 32.9 Å². The lowest BCUT2D eigenvalue weighted by atomic mass is 10.0. The van der Waals surface area contributed by atoms with E-state index in [-0.39, 0.29) is 12.4 Å². The van der Waals surface area contributed by atoms with Gasteiger partial charge in [0.2, 0.25) is 0 Å². The molecule has 1 unspecified atom stereocenters. The Balaban J connectivity index is 0.00000161. The highest BCUT2D eigenvalue weighted by atomic mass is 35.5. The molecule has 0 radical (unpaired) electrons. The van der Waals surface area contributed by atoms with Crippen molar-refractivity contribution in [1.29, 1.82) is 0 Å². The first-order valence-electron chi connectivity index (χ1n) is 7.95. The minimum atomic E-state index is 0. The van der Waals surface area contributed by atoms with E-state index in [1.165, 1.54) is 62.4 Å². The second-order valence-electron chi connectivity index (χ2n) is 6.39. The van der Waals surface area contributed by atoms with Crippen molar-refractivity contribution < 1.29 is 0 Å². The van der Waals surface area contributed by atoms with Gasteiger partial charge in [-0.15, -0.1) is 12.4 Å². The third-order valence-electron chi connectivity index (χ3n) is 4.85. The highest BCUT2D eigenvalue weighted by molar-refractivity contribution is 5.85. The molecule has 0 aromatic heterocycles. The molecule has 1 aromatic carbocycles. The largest absolute Gasteiger partial charge is 0.315 e. The Morgan fingerprint density at radius 1 is 1.14 bits per heavy atom. The molecule has 0 spiro atoms. The van der Waals surface area contributed by atoms with Gasteiger partial charge in [0.25, 0.3) is 0 Å². The molecular weight excluding hydrogens is 282 g/mol. The average molecular weight is 310 g/mol. The summed E-state index contributed by atoms with van der Waals surface area (Å²) in [6.07, 6.45) is 1.33. The number of hydrogen-bond donors (Lipinski definition) is 1. The minimum Gasteiger partial charge on any atom is -0.315 e. The van der Waals surface area contributed by atoms with Gasteiger partial charge in [-0.2, -0.15) is 0 Å². The summed E-state index contributed by atoms with van der Waals surface area (Å²) in [5.74, 6) is 0. The second kappa shape index (κ2) is 7.59. The summed E-state index contributed by atoms with van der Waals surface area (Å²) in [6.45, 7) is 12.8. The van der Waals surface area contributed by atoms with E-state index in [0.29, 0.717) is 0 Å². The molecule has 2 saturated heterocycles. The smallest absolute Gasteiger partial charge is 0.0237 e. The first-order valence-corrected chi connectivity index (χ1v) is 7.95. The van der Waals surface area contributed by atoms with Gasteiger partial charge in [-0.3, -0.25) is 9.80 Å². The Morgan fingerprint density at radius 2 is 1.90 bits per heavy atom. The fraction of sp³-hybridized carbons (Fsp3) is 0.647. The van der Waals surface area contributed by atoms with Crippen molar-refractivity contribution in [3.05, 3.63) is 34.9 Å². The van der Waals surface area contributed by atoms with E-state index in [2.05, 4.69) is 47.2 Å². The predicted molar refractivity (Wildman–Crippen MR) is 91.3 cm³/mol. The highest BCUT2D eigenvalue weighted by Crippen LogP contribution is 2.16. The van der Waals surface area contributed by atoms with E-state index < -0.39 is 0 Å². The third kappa shape index (κ3) is 4.19. The van der Waals surface area contributed by atoms with Crippen LogP contribution in [0.15, 0.2) is 18.2 Å². The molecular formula is C17H28ClN3. The van der Waals surface area contributed by atoms with Crippen LogP contribution in [0.25, 0.3) is 0 Å². The van der Waals surface area contributed by atoms with Crippen molar-refractivity contribution >= 4 is 12.4 Å². The number of halogens is 1. The predicted octanol–water partition coefficient (Wildman–Crippen LogP) is 2.20. The van der Waals surface area contributed by atoms with Crippen LogP contribution in [0.3, 0.4) is 0 Å². The summed E-state index contributed by atoms with van der Waals surface area (Å²) < 4.78 is 0.